The molecule has 0 aliphatic heterocycles. The standard InChI is InChI=1S/C15H13N9O4/c16-22-15-20-13(17-9-3-1-5-11(7-9)23(25)26)19-14(21-15)18-10-4-2-6-12(8-10)24(27)28/h1-8H,16H2,(H3,17,18,19,20,21,22). The zero-order chi connectivity index (χ0) is 20.1. The first kappa shape index (κ1) is 18.4. The van der Waals surface area contributed by atoms with E-state index in [0.717, 1.165) is 0 Å². The van der Waals surface area contributed by atoms with Gasteiger partial charge in [0.05, 0.1) is 9.85 Å². The normalized spacial score (nSPS) is 10.2. The topological polar surface area (TPSA) is 187 Å². The summed E-state index contributed by atoms with van der Waals surface area (Å²) in [4.78, 5) is 32.9. The van der Waals surface area contributed by atoms with Gasteiger partial charge in [-0.05, 0) is 12.1 Å². The van der Waals surface area contributed by atoms with E-state index in [-0.39, 0.29) is 29.2 Å². The molecule has 3 aromatic rings. The molecule has 0 aliphatic rings. The van der Waals surface area contributed by atoms with Gasteiger partial charge in [0.25, 0.3) is 11.4 Å². The summed E-state index contributed by atoms with van der Waals surface area (Å²) in [5, 5.41) is 27.4. The lowest BCUT2D eigenvalue weighted by atomic mass is 10.3. The number of nitro benzene ring substituents is 2. The fourth-order valence-electron chi connectivity index (χ4n) is 2.20. The summed E-state index contributed by atoms with van der Waals surface area (Å²) in [5.41, 5.74) is 2.83. The van der Waals surface area contributed by atoms with Crippen LogP contribution in [0.15, 0.2) is 48.5 Å². The second-order valence-corrected chi connectivity index (χ2v) is 5.32. The van der Waals surface area contributed by atoms with Crippen LogP contribution in [0.1, 0.15) is 0 Å². The molecule has 0 saturated heterocycles. The summed E-state index contributed by atoms with van der Waals surface area (Å²) in [6.07, 6.45) is 0. The first-order valence-electron chi connectivity index (χ1n) is 7.70. The fraction of sp³-hybridized carbons (Fsp3) is 0. The van der Waals surface area contributed by atoms with Gasteiger partial charge in [-0.1, -0.05) is 12.1 Å². The number of nitrogen functional groups attached to an aromatic ring is 1. The van der Waals surface area contributed by atoms with Crippen LogP contribution in [0, 0.1) is 20.2 Å². The van der Waals surface area contributed by atoms with Crippen molar-refractivity contribution in [3.05, 3.63) is 68.8 Å². The molecule has 0 radical (unpaired) electrons. The Morgan fingerprint density at radius 2 is 1.18 bits per heavy atom. The molecule has 13 heteroatoms. The van der Waals surface area contributed by atoms with Crippen LogP contribution in [-0.2, 0) is 0 Å². The maximum Gasteiger partial charge on any atom is 0.271 e. The maximum absolute atomic E-state index is 10.9. The highest BCUT2D eigenvalue weighted by Gasteiger charge is 2.11. The highest BCUT2D eigenvalue weighted by Crippen LogP contribution is 2.23. The highest BCUT2D eigenvalue weighted by molar-refractivity contribution is 5.62. The second-order valence-electron chi connectivity index (χ2n) is 5.32. The number of aromatic nitrogens is 3. The minimum atomic E-state index is -0.527. The van der Waals surface area contributed by atoms with Crippen LogP contribution in [-0.4, -0.2) is 24.8 Å². The molecule has 0 saturated carbocycles. The first-order valence-corrected chi connectivity index (χ1v) is 7.70. The lowest BCUT2D eigenvalue weighted by Gasteiger charge is -2.10. The fourth-order valence-corrected chi connectivity index (χ4v) is 2.20. The molecule has 28 heavy (non-hydrogen) atoms. The molecule has 0 bridgehead atoms. The van der Waals surface area contributed by atoms with Crippen molar-refractivity contribution in [2.45, 2.75) is 0 Å². The molecule has 0 spiro atoms. The van der Waals surface area contributed by atoms with Gasteiger partial charge in [0.2, 0.25) is 17.8 Å². The number of nitro groups is 2. The summed E-state index contributed by atoms with van der Waals surface area (Å²) >= 11 is 0. The number of hydrazine groups is 1. The van der Waals surface area contributed by atoms with E-state index in [9.17, 15) is 20.2 Å². The number of non-ortho nitro benzene ring substituents is 2. The molecule has 0 unspecified atom stereocenters. The van der Waals surface area contributed by atoms with E-state index >= 15 is 0 Å². The minimum Gasteiger partial charge on any atom is -0.324 e. The number of rotatable bonds is 7. The van der Waals surface area contributed by atoms with E-state index < -0.39 is 9.85 Å². The van der Waals surface area contributed by atoms with Crippen LogP contribution in [0.4, 0.5) is 40.6 Å². The monoisotopic (exact) mass is 383 g/mol. The van der Waals surface area contributed by atoms with Crippen molar-refractivity contribution in [2.75, 3.05) is 16.1 Å². The maximum atomic E-state index is 10.9. The van der Waals surface area contributed by atoms with Crippen molar-refractivity contribution >= 4 is 40.6 Å². The number of hydrogen-bond acceptors (Lipinski definition) is 11. The van der Waals surface area contributed by atoms with E-state index in [1.807, 2.05) is 0 Å². The van der Waals surface area contributed by atoms with Gasteiger partial charge in [-0.25, -0.2) is 5.84 Å². The summed E-state index contributed by atoms with van der Waals surface area (Å²) in [6.45, 7) is 0. The zero-order valence-electron chi connectivity index (χ0n) is 14.1. The average Bonchev–Trinajstić information content (AvgIpc) is 2.68. The molecule has 0 fully saturated rings. The Morgan fingerprint density at radius 3 is 1.57 bits per heavy atom. The lowest BCUT2D eigenvalue weighted by molar-refractivity contribution is -0.385. The first-order chi connectivity index (χ1) is 13.4. The molecule has 1 aromatic heterocycles. The smallest absolute Gasteiger partial charge is 0.271 e. The van der Waals surface area contributed by atoms with Crippen molar-refractivity contribution in [1.82, 2.24) is 15.0 Å². The van der Waals surface area contributed by atoms with E-state index in [1.54, 1.807) is 12.1 Å². The van der Waals surface area contributed by atoms with Gasteiger partial charge in [0, 0.05) is 35.6 Å². The Balaban J connectivity index is 1.88. The number of benzene rings is 2. The van der Waals surface area contributed by atoms with Crippen LogP contribution in [0.2, 0.25) is 0 Å². The van der Waals surface area contributed by atoms with Gasteiger partial charge in [0.15, 0.2) is 0 Å². The Hall–Kier alpha value is -4.39. The Kier molecular flexibility index (Phi) is 5.18. The van der Waals surface area contributed by atoms with Crippen molar-refractivity contribution < 1.29 is 9.85 Å². The van der Waals surface area contributed by atoms with Gasteiger partial charge in [-0.3, -0.25) is 25.7 Å². The summed E-state index contributed by atoms with van der Waals surface area (Å²) in [6, 6.07) is 11.5. The quantitative estimate of drug-likeness (QED) is 0.266. The molecule has 3 rings (SSSR count). The number of nitrogens with one attached hydrogen (secondary N) is 3. The third kappa shape index (κ3) is 4.41. The molecule has 5 N–H and O–H groups in total. The van der Waals surface area contributed by atoms with E-state index in [4.69, 9.17) is 5.84 Å². The van der Waals surface area contributed by atoms with Crippen LogP contribution < -0.4 is 21.9 Å². The Bertz CT molecular complexity index is 966. The predicted octanol–water partition coefficient (Wildman–Crippen LogP) is 2.46. The zero-order valence-corrected chi connectivity index (χ0v) is 14.1. The predicted molar refractivity (Wildman–Crippen MR) is 100 cm³/mol. The number of nitrogens with zero attached hydrogens (tertiary/aromatic N) is 5. The SMILES string of the molecule is NNc1nc(Nc2cccc([N+](=O)[O-])c2)nc(Nc2cccc([N+](=O)[O-])c2)n1. The van der Waals surface area contributed by atoms with Gasteiger partial charge in [-0.15, -0.1) is 0 Å². The summed E-state index contributed by atoms with van der Waals surface area (Å²) in [5.74, 6) is 5.48. The van der Waals surface area contributed by atoms with Gasteiger partial charge in [-0.2, -0.15) is 15.0 Å². The Labute approximate surface area is 156 Å². The lowest BCUT2D eigenvalue weighted by Crippen LogP contribution is -2.13. The molecule has 1 heterocycles. The highest BCUT2D eigenvalue weighted by atomic mass is 16.6. The van der Waals surface area contributed by atoms with Crippen LogP contribution in [0.3, 0.4) is 0 Å². The number of nitrogens with two attached hydrogens (primary N) is 1. The molecule has 0 aliphatic carbocycles. The number of anilines is 5. The van der Waals surface area contributed by atoms with E-state index in [1.165, 1.54) is 36.4 Å². The third-order valence-corrected chi connectivity index (χ3v) is 3.39. The van der Waals surface area contributed by atoms with Crippen molar-refractivity contribution in [1.29, 1.82) is 0 Å². The van der Waals surface area contributed by atoms with Crippen LogP contribution in [0.25, 0.3) is 0 Å². The van der Waals surface area contributed by atoms with Crippen LogP contribution in [0.5, 0.6) is 0 Å². The Morgan fingerprint density at radius 1 is 0.750 bits per heavy atom. The average molecular weight is 383 g/mol. The molecule has 0 amide bonds. The van der Waals surface area contributed by atoms with E-state index in [0.29, 0.717) is 11.4 Å². The molecule has 0 atom stereocenters. The largest absolute Gasteiger partial charge is 0.324 e. The van der Waals surface area contributed by atoms with E-state index in [2.05, 4.69) is 31.0 Å². The van der Waals surface area contributed by atoms with Crippen molar-refractivity contribution in [3.8, 4) is 0 Å². The molecular formula is C15H13N9O4. The van der Waals surface area contributed by atoms with Crippen molar-refractivity contribution in [2.24, 2.45) is 5.84 Å². The third-order valence-electron chi connectivity index (χ3n) is 3.39. The molecule has 142 valence electrons. The molecular weight excluding hydrogens is 370 g/mol. The molecule has 2 aromatic carbocycles. The van der Waals surface area contributed by atoms with Gasteiger partial charge < -0.3 is 10.6 Å². The van der Waals surface area contributed by atoms with Crippen molar-refractivity contribution in [3.63, 3.8) is 0 Å². The van der Waals surface area contributed by atoms with Gasteiger partial charge in [0.1, 0.15) is 0 Å². The summed E-state index contributed by atoms with van der Waals surface area (Å²) in [7, 11) is 0. The second kappa shape index (κ2) is 7.88. The molecule has 13 nitrogen and oxygen atoms in total. The number of hydrogen-bond donors (Lipinski definition) is 4. The summed E-state index contributed by atoms with van der Waals surface area (Å²) < 4.78 is 0. The van der Waals surface area contributed by atoms with Crippen LogP contribution >= 0.6 is 0 Å². The van der Waals surface area contributed by atoms with Gasteiger partial charge >= 0.3 is 0 Å². The minimum absolute atomic E-state index is 0.0101.